The first-order valence-electron chi connectivity index (χ1n) is 17.5. The van der Waals surface area contributed by atoms with Crippen LogP contribution >= 0.6 is 0 Å². The summed E-state index contributed by atoms with van der Waals surface area (Å²) in [7, 11) is 0. The van der Waals surface area contributed by atoms with Crippen molar-refractivity contribution >= 4 is 0 Å². The monoisotopic (exact) mass is 694 g/mol. The molecular weight excluding hydrogens is 665 g/mol. The fraction of sp³-hybridized carbons (Fsp3) is 0. The van der Waals surface area contributed by atoms with Crippen molar-refractivity contribution in [3.63, 3.8) is 0 Å². The Balaban J connectivity index is 1.02. The first kappa shape index (κ1) is 32.3. The average molecular weight is 695 g/mol. The predicted molar refractivity (Wildman–Crippen MR) is 212 cm³/mol. The molecule has 0 spiro atoms. The van der Waals surface area contributed by atoms with Gasteiger partial charge >= 0.3 is 0 Å². The van der Waals surface area contributed by atoms with Crippen molar-refractivity contribution in [1.29, 1.82) is 0 Å². The Bertz CT molecular complexity index is 2600. The van der Waals surface area contributed by atoms with Crippen LogP contribution in [0, 0.1) is 0 Å². The zero-order valence-corrected chi connectivity index (χ0v) is 28.9. The number of hydrogen-bond donors (Lipinski definition) is 0. The van der Waals surface area contributed by atoms with Gasteiger partial charge in [0.05, 0.1) is 0 Å². The Labute approximate surface area is 312 Å². The lowest BCUT2D eigenvalue weighted by molar-refractivity contribution is 1.07. The van der Waals surface area contributed by atoms with Gasteiger partial charge < -0.3 is 0 Å². The molecule has 0 aliphatic rings. The number of nitrogens with zero attached hydrogens (tertiary/aromatic N) is 8. The molecule has 0 amide bonds. The van der Waals surface area contributed by atoms with Gasteiger partial charge in [-0.25, -0.2) is 39.9 Å². The topological polar surface area (TPSA) is 103 Å². The molecule has 0 saturated heterocycles. The third-order valence-corrected chi connectivity index (χ3v) is 9.03. The van der Waals surface area contributed by atoms with Crippen molar-refractivity contribution in [2.24, 2.45) is 0 Å². The van der Waals surface area contributed by atoms with E-state index in [0.29, 0.717) is 40.5 Å². The highest BCUT2D eigenvalue weighted by Gasteiger charge is 2.14. The molecule has 0 bridgehead atoms. The van der Waals surface area contributed by atoms with Crippen molar-refractivity contribution in [1.82, 2.24) is 39.9 Å². The highest BCUT2D eigenvalue weighted by molar-refractivity contribution is 5.77. The van der Waals surface area contributed by atoms with Gasteiger partial charge in [-0.15, -0.1) is 0 Å². The third kappa shape index (κ3) is 6.87. The summed E-state index contributed by atoms with van der Waals surface area (Å²) in [6, 6.07) is 53.1. The number of pyridine rings is 1. The molecule has 8 heteroatoms. The molecule has 4 aromatic heterocycles. The molecule has 54 heavy (non-hydrogen) atoms. The van der Waals surface area contributed by atoms with Gasteiger partial charge in [-0.05, 0) is 57.6 Å². The SMILES string of the molecule is c1ccc(-c2ccc(-c3nc(-c4ccccc4)nc(-c4ccc(-c5ccc(-c6cc(-c7ncccn7)nc(-c7ncccn7)c6)cc5)cc4)n3)cc2)cc1. The second-order valence-electron chi connectivity index (χ2n) is 12.5. The van der Waals surface area contributed by atoms with Gasteiger partial charge in [0.1, 0.15) is 11.4 Å². The van der Waals surface area contributed by atoms with Crippen molar-refractivity contribution in [3.05, 3.63) is 183 Å². The molecule has 0 saturated carbocycles. The van der Waals surface area contributed by atoms with E-state index in [2.05, 4.69) is 105 Å². The van der Waals surface area contributed by atoms with Crippen LogP contribution in [0.2, 0.25) is 0 Å². The Morgan fingerprint density at radius 1 is 0.222 bits per heavy atom. The largest absolute Gasteiger partial charge is 0.241 e. The minimum atomic E-state index is 0.537. The van der Waals surface area contributed by atoms with E-state index in [-0.39, 0.29) is 0 Å². The second kappa shape index (κ2) is 14.6. The summed E-state index contributed by atoms with van der Waals surface area (Å²) >= 11 is 0. The molecule has 254 valence electrons. The number of rotatable bonds is 8. The molecule has 0 N–H and O–H groups in total. The molecule has 9 rings (SSSR count). The fourth-order valence-corrected chi connectivity index (χ4v) is 6.25. The molecule has 0 aliphatic carbocycles. The smallest absolute Gasteiger partial charge is 0.178 e. The summed E-state index contributed by atoms with van der Waals surface area (Å²) in [6.07, 6.45) is 6.84. The summed E-state index contributed by atoms with van der Waals surface area (Å²) in [5.41, 5.74) is 10.5. The number of benzene rings is 5. The Hall–Kier alpha value is -7.58. The molecule has 0 fully saturated rings. The van der Waals surface area contributed by atoms with Crippen molar-refractivity contribution in [2.45, 2.75) is 0 Å². The maximum absolute atomic E-state index is 4.96. The molecule has 8 nitrogen and oxygen atoms in total. The summed E-state index contributed by atoms with van der Waals surface area (Å²) in [6.45, 7) is 0. The Morgan fingerprint density at radius 3 is 0.907 bits per heavy atom. The average Bonchev–Trinajstić information content (AvgIpc) is 3.27. The molecule has 0 aliphatic heterocycles. The van der Waals surface area contributed by atoms with Gasteiger partial charge in [-0.3, -0.25) is 0 Å². The van der Waals surface area contributed by atoms with Gasteiger partial charge in [-0.1, -0.05) is 133 Å². The van der Waals surface area contributed by atoms with E-state index in [1.54, 1.807) is 36.9 Å². The molecule has 9 aromatic rings. The van der Waals surface area contributed by atoms with Crippen LogP contribution in [0.15, 0.2) is 183 Å². The summed E-state index contributed by atoms with van der Waals surface area (Å²) in [4.78, 5) is 37.3. The molecule has 4 heterocycles. The van der Waals surface area contributed by atoms with Gasteiger partial charge in [0.2, 0.25) is 0 Å². The summed E-state index contributed by atoms with van der Waals surface area (Å²) < 4.78 is 0. The van der Waals surface area contributed by atoms with E-state index in [4.69, 9.17) is 19.9 Å². The zero-order valence-electron chi connectivity index (χ0n) is 28.9. The molecular formula is C46H30N8. The van der Waals surface area contributed by atoms with Gasteiger partial charge in [0.25, 0.3) is 0 Å². The second-order valence-corrected chi connectivity index (χ2v) is 12.5. The van der Waals surface area contributed by atoms with Gasteiger partial charge in [0.15, 0.2) is 29.1 Å². The van der Waals surface area contributed by atoms with Crippen LogP contribution in [-0.2, 0) is 0 Å². The quantitative estimate of drug-likeness (QED) is 0.155. The van der Waals surface area contributed by atoms with Crippen LogP contribution in [0.3, 0.4) is 0 Å². The third-order valence-electron chi connectivity index (χ3n) is 9.03. The standard InChI is InChI=1S/C46H30N8/c1-3-9-31(10-4-1)32-17-21-37(22-18-32)43-52-42(36-11-5-2-6-12-36)53-44(54-43)38-23-19-34(20-24-38)33-13-15-35(16-14-33)39-29-40(45-47-25-7-26-48-45)51-41(30-39)46-49-27-8-28-50-46/h1-30H. The zero-order chi connectivity index (χ0) is 36.1. The van der Waals surface area contributed by atoms with Crippen LogP contribution in [0.4, 0.5) is 0 Å². The number of hydrogen-bond acceptors (Lipinski definition) is 8. The van der Waals surface area contributed by atoms with Crippen molar-refractivity contribution in [2.75, 3.05) is 0 Å². The normalized spacial score (nSPS) is 11.0. The van der Waals surface area contributed by atoms with Crippen LogP contribution in [-0.4, -0.2) is 39.9 Å². The highest BCUT2D eigenvalue weighted by atomic mass is 15.0. The first-order valence-corrected chi connectivity index (χ1v) is 17.5. The minimum absolute atomic E-state index is 0.537. The highest BCUT2D eigenvalue weighted by Crippen LogP contribution is 2.32. The number of aromatic nitrogens is 8. The van der Waals surface area contributed by atoms with E-state index in [9.17, 15) is 0 Å². The van der Waals surface area contributed by atoms with Gasteiger partial charge in [-0.2, -0.15) is 0 Å². The molecule has 0 atom stereocenters. The lowest BCUT2D eigenvalue weighted by Gasteiger charge is -2.10. The summed E-state index contributed by atoms with van der Waals surface area (Å²) in [5, 5.41) is 0. The Kier molecular flexibility index (Phi) is 8.73. The van der Waals surface area contributed by atoms with E-state index >= 15 is 0 Å². The summed E-state index contributed by atoms with van der Waals surface area (Å²) in [5.74, 6) is 2.94. The van der Waals surface area contributed by atoms with E-state index < -0.39 is 0 Å². The van der Waals surface area contributed by atoms with Crippen molar-refractivity contribution in [3.8, 4) is 90.6 Å². The van der Waals surface area contributed by atoms with Gasteiger partial charge in [0, 0.05) is 41.5 Å². The molecule has 0 radical (unpaired) electrons. The molecule has 0 unspecified atom stereocenters. The van der Waals surface area contributed by atoms with Crippen LogP contribution in [0.1, 0.15) is 0 Å². The predicted octanol–water partition coefficient (Wildman–Crippen LogP) is 10.2. The van der Waals surface area contributed by atoms with Crippen molar-refractivity contribution < 1.29 is 0 Å². The molecule has 5 aromatic carbocycles. The van der Waals surface area contributed by atoms with Crippen LogP contribution < -0.4 is 0 Å². The van der Waals surface area contributed by atoms with Crippen LogP contribution in [0.25, 0.3) is 90.6 Å². The Morgan fingerprint density at radius 2 is 0.519 bits per heavy atom. The van der Waals surface area contributed by atoms with E-state index in [0.717, 1.165) is 50.1 Å². The fourth-order valence-electron chi connectivity index (χ4n) is 6.25. The first-order chi connectivity index (χ1) is 26.7. The van der Waals surface area contributed by atoms with Crippen LogP contribution in [0.5, 0.6) is 0 Å². The lowest BCUT2D eigenvalue weighted by atomic mass is 9.99. The maximum Gasteiger partial charge on any atom is 0.178 e. The lowest BCUT2D eigenvalue weighted by Crippen LogP contribution is -2.00. The van der Waals surface area contributed by atoms with E-state index in [1.807, 2.05) is 60.7 Å². The maximum atomic E-state index is 4.96. The van der Waals surface area contributed by atoms with E-state index in [1.165, 1.54) is 0 Å². The minimum Gasteiger partial charge on any atom is -0.241 e.